The Bertz CT molecular complexity index is 491. The van der Waals surface area contributed by atoms with E-state index in [1.165, 1.54) is 0 Å². The SMILES string of the molecule is CCOC(=O)c1c(O)cc2cccccc1-2. The molecule has 2 rings (SSSR count). The predicted molar refractivity (Wildman–Crippen MR) is 60.7 cm³/mol. The first-order valence-corrected chi connectivity index (χ1v) is 5.12. The summed E-state index contributed by atoms with van der Waals surface area (Å²) in [6, 6.07) is 10.8. The highest BCUT2D eigenvalue weighted by atomic mass is 16.5. The number of ether oxygens (including phenoxy) is 1. The minimum atomic E-state index is -0.485. The van der Waals surface area contributed by atoms with Gasteiger partial charge in [0.15, 0.2) is 0 Å². The van der Waals surface area contributed by atoms with E-state index in [-0.39, 0.29) is 11.3 Å². The third-order valence-corrected chi connectivity index (χ3v) is 2.37. The van der Waals surface area contributed by atoms with E-state index in [1.54, 1.807) is 19.1 Å². The number of fused-ring (bicyclic) bond motifs is 1. The van der Waals surface area contributed by atoms with E-state index >= 15 is 0 Å². The van der Waals surface area contributed by atoms with Crippen LogP contribution in [0.5, 0.6) is 5.75 Å². The minimum Gasteiger partial charge on any atom is -0.507 e. The summed E-state index contributed by atoms with van der Waals surface area (Å²) in [5.41, 5.74) is 1.78. The lowest BCUT2D eigenvalue weighted by molar-refractivity contribution is 0.0524. The normalized spacial score (nSPS) is 10.3. The maximum absolute atomic E-state index is 11.7. The van der Waals surface area contributed by atoms with E-state index in [0.717, 1.165) is 5.56 Å². The van der Waals surface area contributed by atoms with Crippen LogP contribution in [0.15, 0.2) is 36.4 Å². The molecule has 3 heteroatoms. The summed E-state index contributed by atoms with van der Waals surface area (Å²) in [6.07, 6.45) is 0. The Morgan fingerprint density at radius 1 is 1.31 bits per heavy atom. The second-order valence-electron chi connectivity index (χ2n) is 3.40. The van der Waals surface area contributed by atoms with E-state index in [9.17, 15) is 9.90 Å². The van der Waals surface area contributed by atoms with Crippen LogP contribution in [-0.4, -0.2) is 17.7 Å². The molecule has 1 N–H and O–H groups in total. The van der Waals surface area contributed by atoms with E-state index in [2.05, 4.69) is 0 Å². The first kappa shape index (κ1) is 10.5. The molecular weight excluding hydrogens is 204 g/mol. The zero-order valence-corrected chi connectivity index (χ0v) is 8.93. The number of esters is 1. The molecule has 0 aromatic heterocycles. The Morgan fingerprint density at radius 2 is 2.06 bits per heavy atom. The quantitative estimate of drug-likeness (QED) is 0.785. The van der Waals surface area contributed by atoms with Crippen molar-refractivity contribution < 1.29 is 14.6 Å². The minimum absolute atomic E-state index is 0.0281. The van der Waals surface area contributed by atoms with Crippen molar-refractivity contribution in [2.24, 2.45) is 0 Å². The zero-order chi connectivity index (χ0) is 11.5. The van der Waals surface area contributed by atoms with Gasteiger partial charge in [-0.3, -0.25) is 0 Å². The van der Waals surface area contributed by atoms with Gasteiger partial charge in [-0.1, -0.05) is 30.3 Å². The first-order chi connectivity index (χ1) is 7.74. The Labute approximate surface area is 93.6 Å². The van der Waals surface area contributed by atoms with Gasteiger partial charge in [-0.2, -0.15) is 0 Å². The fourth-order valence-electron chi connectivity index (χ4n) is 1.69. The Morgan fingerprint density at radius 3 is 2.81 bits per heavy atom. The Kier molecular flexibility index (Phi) is 2.77. The number of rotatable bonds is 2. The molecule has 0 aliphatic heterocycles. The second-order valence-corrected chi connectivity index (χ2v) is 3.40. The summed E-state index contributed by atoms with van der Waals surface area (Å²) in [7, 11) is 0. The van der Waals surface area contributed by atoms with Gasteiger partial charge in [0.25, 0.3) is 0 Å². The van der Waals surface area contributed by atoms with Crippen LogP contribution in [0, 0.1) is 0 Å². The lowest BCUT2D eigenvalue weighted by Crippen LogP contribution is -2.04. The predicted octanol–water partition coefficient (Wildman–Crippen LogP) is 2.67. The van der Waals surface area contributed by atoms with Crippen LogP contribution in [0.2, 0.25) is 0 Å². The van der Waals surface area contributed by atoms with Crippen molar-refractivity contribution in [3.63, 3.8) is 0 Å². The lowest BCUT2D eigenvalue weighted by Gasteiger charge is -2.02. The van der Waals surface area contributed by atoms with Gasteiger partial charge >= 0.3 is 5.97 Å². The fraction of sp³-hybridized carbons (Fsp3) is 0.154. The summed E-state index contributed by atoms with van der Waals surface area (Å²) in [4.78, 5) is 11.7. The summed E-state index contributed by atoms with van der Waals surface area (Å²) in [6.45, 7) is 2.03. The molecule has 2 aliphatic rings. The second kappa shape index (κ2) is 4.23. The van der Waals surface area contributed by atoms with Gasteiger partial charge in [-0.25, -0.2) is 4.79 Å². The van der Waals surface area contributed by atoms with E-state index < -0.39 is 5.97 Å². The number of hydrogen-bond acceptors (Lipinski definition) is 3. The van der Waals surface area contributed by atoms with Crippen LogP contribution in [0.25, 0.3) is 11.1 Å². The molecule has 82 valence electrons. The smallest absolute Gasteiger partial charge is 0.342 e. The van der Waals surface area contributed by atoms with Crippen LogP contribution in [-0.2, 0) is 4.74 Å². The molecule has 0 radical (unpaired) electrons. The molecule has 0 unspecified atom stereocenters. The van der Waals surface area contributed by atoms with Gasteiger partial charge < -0.3 is 9.84 Å². The third kappa shape index (κ3) is 1.72. The van der Waals surface area contributed by atoms with Crippen molar-refractivity contribution in [2.75, 3.05) is 6.61 Å². The van der Waals surface area contributed by atoms with E-state index in [4.69, 9.17) is 4.74 Å². The van der Waals surface area contributed by atoms with Crippen molar-refractivity contribution in [3.8, 4) is 16.9 Å². The van der Waals surface area contributed by atoms with Gasteiger partial charge in [-0.15, -0.1) is 0 Å². The van der Waals surface area contributed by atoms with Crippen LogP contribution in [0.1, 0.15) is 17.3 Å². The molecule has 0 saturated carbocycles. The average molecular weight is 216 g/mol. The molecule has 0 fully saturated rings. The summed E-state index contributed by atoms with van der Waals surface area (Å²) >= 11 is 0. The molecule has 2 aliphatic carbocycles. The highest BCUT2D eigenvalue weighted by Gasteiger charge is 2.21. The molecule has 0 spiro atoms. The maximum atomic E-state index is 11.7. The summed E-state index contributed by atoms with van der Waals surface area (Å²) in [5, 5.41) is 9.71. The number of hydrogen-bond donors (Lipinski definition) is 1. The van der Waals surface area contributed by atoms with Crippen molar-refractivity contribution in [1.82, 2.24) is 0 Å². The molecule has 0 aromatic rings. The van der Waals surface area contributed by atoms with Crippen LogP contribution in [0.3, 0.4) is 0 Å². The van der Waals surface area contributed by atoms with Crippen LogP contribution >= 0.6 is 0 Å². The lowest BCUT2D eigenvalue weighted by atomic mass is 10.1. The van der Waals surface area contributed by atoms with Crippen molar-refractivity contribution >= 4 is 5.97 Å². The van der Waals surface area contributed by atoms with Gasteiger partial charge in [-0.05, 0) is 18.6 Å². The maximum Gasteiger partial charge on any atom is 0.342 e. The summed E-state index contributed by atoms with van der Waals surface area (Å²) < 4.78 is 4.91. The van der Waals surface area contributed by atoms with Crippen LogP contribution in [0.4, 0.5) is 0 Å². The zero-order valence-electron chi connectivity index (χ0n) is 8.93. The van der Waals surface area contributed by atoms with Gasteiger partial charge in [0.05, 0.1) is 6.61 Å². The standard InChI is InChI=1S/C13H12O3/c1-2-16-13(15)12-10-7-5-3-4-6-9(10)8-11(12)14/h3-8,14H,2H2,1H3. The van der Waals surface area contributed by atoms with E-state index in [0.29, 0.717) is 12.2 Å². The average Bonchev–Trinajstić information content (AvgIpc) is 2.43. The van der Waals surface area contributed by atoms with Gasteiger partial charge in [0, 0.05) is 5.56 Å². The molecule has 0 bridgehead atoms. The molecule has 0 amide bonds. The molecule has 0 aromatic carbocycles. The van der Waals surface area contributed by atoms with Crippen molar-refractivity contribution in [1.29, 1.82) is 0 Å². The molecule has 0 saturated heterocycles. The van der Waals surface area contributed by atoms with Gasteiger partial charge in [0.1, 0.15) is 11.3 Å². The Hall–Kier alpha value is -2.03. The van der Waals surface area contributed by atoms with Crippen molar-refractivity contribution in [2.45, 2.75) is 6.92 Å². The molecule has 3 nitrogen and oxygen atoms in total. The topological polar surface area (TPSA) is 46.5 Å². The molecule has 16 heavy (non-hydrogen) atoms. The number of carbonyl (C=O) groups excluding carboxylic acids is 1. The molecule has 0 heterocycles. The monoisotopic (exact) mass is 216 g/mol. The van der Waals surface area contributed by atoms with Gasteiger partial charge in [0.2, 0.25) is 0 Å². The third-order valence-electron chi connectivity index (χ3n) is 2.37. The highest BCUT2D eigenvalue weighted by Crippen LogP contribution is 2.35. The number of aromatic hydroxyl groups is 1. The largest absolute Gasteiger partial charge is 0.507 e. The summed E-state index contributed by atoms with van der Waals surface area (Å²) in [5.74, 6) is -0.513. The first-order valence-electron chi connectivity index (χ1n) is 5.12. The fourth-order valence-corrected chi connectivity index (χ4v) is 1.69. The van der Waals surface area contributed by atoms with E-state index in [1.807, 2.05) is 24.3 Å². The highest BCUT2D eigenvalue weighted by molar-refractivity contribution is 6.02. The molecule has 0 atom stereocenters. The van der Waals surface area contributed by atoms with Crippen molar-refractivity contribution in [3.05, 3.63) is 42.0 Å². The van der Waals surface area contributed by atoms with Crippen LogP contribution < -0.4 is 0 Å². The molecular formula is C13H12O3. The Balaban J connectivity index is 2.56. The number of carbonyl (C=O) groups is 1.